The fraction of sp³-hybridized carbons (Fsp3) is 0.556. The molecular weight excluding hydrogens is 214 g/mol. The van der Waals surface area contributed by atoms with Crippen LogP contribution in [0.2, 0.25) is 0 Å². The lowest BCUT2D eigenvalue weighted by molar-refractivity contribution is -0.387. The standard InChI is InChI=1S/C9H11N3O4/c1-5-7(12(15)16)8(13)11(9(14)10-5)6-3-2-4-6/h6H,2-4H2,1H3,(H,10,14). The molecule has 1 heterocycles. The van der Waals surface area contributed by atoms with Crippen LogP contribution in [0.1, 0.15) is 31.0 Å². The van der Waals surface area contributed by atoms with Gasteiger partial charge in [-0.3, -0.25) is 19.5 Å². The normalized spacial score (nSPS) is 15.8. The number of nitrogens with one attached hydrogen (secondary N) is 1. The molecule has 1 fully saturated rings. The van der Waals surface area contributed by atoms with Crippen molar-refractivity contribution in [2.24, 2.45) is 0 Å². The Hall–Kier alpha value is -1.92. The highest BCUT2D eigenvalue weighted by Gasteiger charge is 2.28. The van der Waals surface area contributed by atoms with Gasteiger partial charge in [-0.1, -0.05) is 0 Å². The Morgan fingerprint density at radius 3 is 2.50 bits per heavy atom. The lowest BCUT2D eigenvalue weighted by Crippen LogP contribution is -2.41. The van der Waals surface area contributed by atoms with Crippen LogP contribution in [0.25, 0.3) is 0 Å². The van der Waals surface area contributed by atoms with E-state index in [9.17, 15) is 19.7 Å². The third-order valence-corrected chi connectivity index (χ3v) is 2.91. The molecule has 1 N–H and O–H groups in total. The number of nitro groups is 1. The molecule has 2 rings (SSSR count). The Balaban J connectivity index is 2.70. The Labute approximate surface area is 89.9 Å². The summed E-state index contributed by atoms with van der Waals surface area (Å²) >= 11 is 0. The van der Waals surface area contributed by atoms with Crippen LogP contribution in [-0.2, 0) is 0 Å². The molecule has 1 saturated carbocycles. The second-order valence-corrected chi connectivity index (χ2v) is 3.92. The van der Waals surface area contributed by atoms with Gasteiger partial charge in [-0.2, -0.15) is 0 Å². The van der Waals surface area contributed by atoms with Crippen LogP contribution < -0.4 is 11.2 Å². The monoisotopic (exact) mass is 225 g/mol. The molecule has 86 valence electrons. The van der Waals surface area contributed by atoms with E-state index in [2.05, 4.69) is 4.98 Å². The van der Waals surface area contributed by atoms with E-state index in [1.807, 2.05) is 0 Å². The summed E-state index contributed by atoms with van der Waals surface area (Å²) in [5.41, 5.74) is -1.88. The Kier molecular flexibility index (Phi) is 2.37. The molecule has 0 bridgehead atoms. The second-order valence-electron chi connectivity index (χ2n) is 3.92. The van der Waals surface area contributed by atoms with Crippen LogP contribution in [0.5, 0.6) is 0 Å². The SMILES string of the molecule is Cc1[nH]c(=O)n(C2CCC2)c(=O)c1[N+](=O)[O-]. The van der Waals surface area contributed by atoms with Crippen molar-refractivity contribution in [1.82, 2.24) is 9.55 Å². The molecule has 0 aliphatic heterocycles. The number of hydrogen-bond acceptors (Lipinski definition) is 4. The molecule has 0 unspecified atom stereocenters. The number of aryl methyl sites for hydroxylation is 1. The van der Waals surface area contributed by atoms with Crippen molar-refractivity contribution in [3.63, 3.8) is 0 Å². The first-order valence-electron chi connectivity index (χ1n) is 5.02. The third kappa shape index (κ3) is 1.44. The molecule has 16 heavy (non-hydrogen) atoms. The first kappa shape index (κ1) is 10.6. The van der Waals surface area contributed by atoms with Gasteiger partial charge < -0.3 is 4.98 Å². The van der Waals surface area contributed by atoms with Gasteiger partial charge in [-0.25, -0.2) is 4.79 Å². The Bertz CT molecular complexity index is 553. The van der Waals surface area contributed by atoms with Gasteiger partial charge in [-0.05, 0) is 26.2 Å². The molecule has 7 nitrogen and oxygen atoms in total. The summed E-state index contributed by atoms with van der Waals surface area (Å²) < 4.78 is 0.967. The van der Waals surface area contributed by atoms with Crippen LogP contribution in [0.3, 0.4) is 0 Å². The van der Waals surface area contributed by atoms with Gasteiger partial charge in [0, 0.05) is 6.04 Å². The summed E-state index contributed by atoms with van der Waals surface area (Å²) in [6.45, 7) is 1.35. The van der Waals surface area contributed by atoms with Crippen LogP contribution >= 0.6 is 0 Å². The van der Waals surface area contributed by atoms with E-state index in [4.69, 9.17) is 0 Å². The highest BCUT2D eigenvalue weighted by Crippen LogP contribution is 2.29. The average Bonchev–Trinajstić information content (AvgIpc) is 2.07. The van der Waals surface area contributed by atoms with E-state index in [1.165, 1.54) is 6.92 Å². The second kappa shape index (κ2) is 3.58. The van der Waals surface area contributed by atoms with Gasteiger partial charge in [0.25, 0.3) is 0 Å². The van der Waals surface area contributed by atoms with Crippen LogP contribution in [0.4, 0.5) is 5.69 Å². The predicted octanol–water partition coefficient (Wildman–Crippen LogP) is 0.478. The average molecular weight is 225 g/mol. The van der Waals surface area contributed by atoms with Crippen molar-refractivity contribution in [3.8, 4) is 0 Å². The van der Waals surface area contributed by atoms with E-state index < -0.39 is 21.9 Å². The largest absolute Gasteiger partial charge is 0.353 e. The predicted molar refractivity (Wildman–Crippen MR) is 55.6 cm³/mol. The number of hydrogen-bond donors (Lipinski definition) is 1. The first-order valence-corrected chi connectivity index (χ1v) is 5.02. The third-order valence-electron chi connectivity index (χ3n) is 2.91. The van der Waals surface area contributed by atoms with Crippen LogP contribution in [0.15, 0.2) is 9.59 Å². The fourth-order valence-electron chi connectivity index (χ4n) is 1.84. The van der Waals surface area contributed by atoms with Crippen molar-refractivity contribution in [2.75, 3.05) is 0 Å². The molecule has 7 heteroatoms. The lowest BCUT2D eigenvalue weighted by atomic mass is 9.93. The molecule has 0 amide bonds. The number of aromatic nitrogens is 2. The molecule has 0 aromatic carbocycles. The maximum Gasteiger partial charge on any atom is 0.353 e. The number of H-pyrrole nitrogens is 1. The summed E-state index contributed by atoms with van der Waals surface area (Å²) in [4.78, 5) is 35.6. The molecule has 1 aromatic heterocycles. The fourth-order valence-corrected chi connectivity index (χ4v) is 1.84. The summed E-state index contributed by atoms with van der Waals surface area (Å²) in [5.74, 6) is 0. The first-order chi connectivity index (χ1) is 7.52. The van der Waals surface area contributed by atoms with Gasteiger partial charge in [0.2, 0.25) is 0 Å². The smallest absolute Gasteiger partial charge is 0.305 e. The molecule has 0 spiro atoms. The van der Waals surface area contributed by atoms with E-state index >= 15 is 0 Å². The van der Waals surface area contributed by atoms with E-state index in [0.29, 0.717) is 0 Å². The lowest BCUT2D eigenvalue weighted by Gasteiger charge is -2.26. The number of aromatic amines is 1. The van der Waals surface area contributed by atoms with Gasteiger partial charge in [0.1, 0.15) is 5.69 Å². The molecule has 0 saturated heterocycles. The zero-order valence-corrected chi connectivity index (χ0v) is 8.73. The minimum Gasteiger partial charge on any atom is -0.305 e. The highest BCUT2D eigenvalue weighted by atomic mass is 16.6. The van der Waals surface area contributed by atoms with Gasteiger partial charge >= 0.3 is 16.9 Å². The van der Waals surface area contributed by atoms with Crippen molar-refractivity contribution in [2.45, 2.75) is 32.2 Å². The maximum absolute atomic E-state index is 11.8. The van der Waals surface area contributed by atoms with Gasteiger partial charge in [0.15, 0.2) is 0 Å². The summed E-state index contributed by atoms with van der Waals surface area (Å²) in [6.07, 6.45) is 2.39. The van der Waals surface area contributed by atoms with Crippen LogP contribution in [0, 0.1) is 17.0 Å². The quantitative estimate of drug-likeness (QED) is 0.584. The highest BCUT2D eigenvalue weighted by molar-refractivity contribution is 5.30. The molecule has 1 aliphatic carbocycles. The van der Waals surface area contributed by atoms with Crippen LogP contribution in [-0.4, -0.2) is 14.5 Å². The maximum atomic E-state index is 11.8. The van der Waals surface area contributed by atoms with Crippen molar-refractivity contribution < 1.29 is 4.92 Å². The molecular formula is C9H11N3O4. The molecule has 1 aromatic rings. The van der Waals surface area contributed by atoms with E-state index in [-0.39, 0.29) is 11.7 Å². The molecule has 1 aliphatic rings. The number of nitrogens with zero attached hydrogens (tertiary/aromatic N) is 2. The van der Waals surface area contributed by atoms with Crippen molar-refractivity contribution in [1.29, 1.82) is 0 Å². The molecule has 0 atom stereocenters. The van der Waals surface area contributed by atoms with Crippen molar-refractivity contribution in [3.05, 3.63) is 36.6 Å². The van der Waals surface area contributed by atoms with E-state index in [0.717, 1.165) is 23.8 Å². The van der Waals surface area contributed by atoms with Crippen molar-refractivity contribution >= 4 is 5.69 Å². The minimum absolute atomic E-state index is 0.00979. The molecule has 0 radical (unpaired) electrons. The van der Waals surface area contributed by atoms with E-state index in [1.54, 1.807) is 0 Å². The summed E-state index contributed by atoms with van der Waals surface area (Å²) in [7, 11) is 0. The van der Waals surface area contributed by atoms with Gasteiger partial charge in [-0.15, -0.1) is 0 Å². The van der Waals surface area contributed by atoms with Gasteiger partial charge in [0.05, 0.1) is 4.92 Å². The topological polar surface area (TPSA) is 98.0 Å². The Morgan fingerprint density at radius 1 is 1.44 bits per heavy atom. The Morgan fingerprint density at radius 2 is 2.06 bits per heavy atom. The summed E-state index contributed by atoms with van der Waals surface area (Å²) in [6, 6.07) is -0.185. The number of rotatable bonds is 2. The minimum atomic E-state index is -0.795. The summed E-state index contributed by atoms with van der Waals surface area (Å²) in [5, 5.41) is 10.7. The zero-order chi connectivity index (χ0) is 11.9. The zero-order valence-electron chi connectivity index (χ0n) is 8.73.